The van der Waals surface area contributed by atoms with Crippen molar-refractivity contribution < 1.29 is 9.59 Å². The lowest BCUT2D eigenvalue weighted by molar-refractivity contribution is 0.0977. The molecule has 0 bridgehead atoms. The summed E-state index contributed by atoms with van der Waals surface area (Å²) in [6.45, 7) is 4.33. The molecule has 0 aliphatic heterocycles. The molecule has 154 valence electrons. The Morgan fingerprint density at radius 1 is 0.900 bits per heavy atom. The molecular weight excluding hydrogens is 376 g/mol. The number of rotatable bonds is 9. The minimum absolute atomic E-state index is 0.162. The topological polar surface area (TPSA) is 84.0 Å². The normalized spacial score (nSPS) is 10.6. The lowest BCUT2D eigenvalue weighted by atomic mass is 10.0. The van der Waals surface area contributed by atoms with Crippen LogP contribution in [0.1, 0.15) is 53.8 Å². The van der Waals surface area contributed by atoms with Crippen LogP contribution in [0.5, 0.6) is 0 Å². The smallest absolute Gasteiger partial charge is 0.258 e. The predicted molar refractivity (Wildman–Crippen MR) is 119 cm³/mol. The van der Waals surface area contributed by atoms with Crippen molar-refractivity contribution in [2.75, 3.05) is 10.6 Å². The molecule has 2 N–H and O–H groups in total. The molecule has 0 radical (unpaired) electrons. The first kappa shape index (κ1) is 21.2. The third kappa shape index (κ3) is 6.24. The van der Waals surface area contributed by atoms with E-state index in [1.165, 1.54) is 0 Å². The molecular formula is C24H26N4O2. The fraction of sp³-hybridized carbons (Fsp3) is 0.250. The van der Waals surface area contributed by atoms with Crippen molar-refractivity contribution in [2.45, 2.75) is 33.1 Å². The molecule has 1 heterocycles. The third-order valence-corrected chi connectivity index (χ3v) is 4.60. The minimum Gasteiger partial charge on any atom is -0.356 e. The van der Waals surface area contributed by atoms with Gasteiger partial charge < -0.3 is 5.32 Å². The highest BCUT2D eigenvalue weighted by Gasteiger charge is 2.09. The molecule has 6 heteroatoms. The molecule has 0 spiro atoms. The van der Waals surface area contributed by atoms with E-state index in [-0.39, 0.29) is 17.6 Å². The SMILES string of the molecule is CC(C)CCCC(=O)c1cccc(Nc2ccc(C(=O)Nc3ncccn3)cc2)c1. The number of amides is 1. The molecule has 1 aromatic heterocycles. The zero-order chi connectivity index (χ0) is 21.3. The second-order valence-corrected chi connectivity index (χ2v) is 7.52. The van der Waals surface area contributed by atoms with Crippen LogP contribution in [0.4, 0.5) is 17.3 Å². The van der Waals surface area contributed by atoms with Crippen LogP contribution in [0, 0.1) is 5.92 Å². The number of hydrogen-bond donors (Lipinski definition) is 2. The molecule has 30 heavy (non-hydrogen) atoms. The number of carbonyl (C=O) groups is 2. The summed E-state index contributed by atoms with van der Waals surface area (Å²) < 4.78 is 0. The molecule has 0 fully saturated rings. The van der Waals surface area contributed by atoms with Crippen LogP contribution in [0.25, 0.3) is 0 Å². The summed E-state index contributed by atoms with van der Waals surface area (Å²) in [6.07, 6.45) is 5.67. The molecule has 3 aromatic rings. The molecule has 2 aromatic carbocycles. The minimum atomic E-state index is -0.276. The van der Waals surface area contributed by atoms with Gasteiger partial charge in [0.15, 0.2) is 5.78 Å². The molecule has 6 nitrogen and oxygen atoms in total. The number of hydrogen-bond acceptors (Lipinski definition) is 5. The lowest BCUT2D eigenvalue weighted by Crippen LogP contribution is -2.13. The van der Waals surface area contributed by atoms with Crippen molar-refractivity contribution in [1.29, 1.82) is 0 Å². The Morgan fingerprint density at radius 3 is 2.33 bits per heavy atom. The van der Waals surface area contributed by atoms with E-state index in [9.17, 15) is 9.59 Å². The van der Waals surface area contributed by atoms with Crippen molar-refractivity contribution in [1.82, 2.24) is 9.97 Å². The highest BCUT2D eigenvalue weighted by atomic mass is 16.1. The van der Waals surface area contributed by atoms with Crippen LogP contribution < -0.4 is 10.6 Å². The van der Waals surface area contributed by atoms with Gasteiger partial charge in [-0.05, 0) is 54.8 Å². The first-order valence-electron chi connectivity index (χ1n) is 10.1. The quantitative estimate of drug-likeness (QED) is 0.463. The van der Waals surface area contributed by atoms with Crippen LogP contribution in [-0.2, 0) is 0 Å². The molecule has 0 saturated heterocycles. The van der Waals surface area contributed by atoms with Crippen LogP contribution >= 0.6 is 0 Å². The van der Waals surface area contributed by atoms with Crippen molar-refractivity contribution in [3.05, 3.63) is 78.1 Å². The Kier molecular flexibility index (Phi) is 7.27. The first-order chi connectivity index (χ1) is 14.5. The van der Waals surface area contributed by atoms with E-state index in [1.54, 1.807) is 30.6 Å². The maximum absolute atomic E-state index is 12.4. The Balaban J connectivity index is 1.60. The van der Waals surface area contributed by atoms with Gasteiger partial charge in [0.05, 0.1) is 0 Å². The molecule has 0 unspecified atom stereocenters. The summed E-state index contributed by atoms with van der Waals surface area (Å²) >= 11 is 0. The van der Waals surface area contributed by atoms with Crippen molar-refractivity contribution in [3.63, 3.8) is 0 Å². The molecule has 0 saturated carbocycles. The Bertz CT molecular complexity index is 986. The van der Waals surface area contributed by atoms with Crippen molar-refractivity contribution >= 4 is 29.0 Å². The fourth-order valence-electron chi connectivity index (χ4n) is 2.99. The zero-order valence-electron chi connectivity index (χ0n) is 17.3. The van der Waals surface area contributed by atoms with Gasteiger partial charge in [-0.2, -0.15) is 0 Å². The number of nitrogens with zero attached hydrogens (tertiary/aromatic N) is 2. The number of benzene rings is 2. The molecule has 0 atom stereocenters. The largest absolute Gasteiger partial charge is 0.356 e. The standard InChI is InChI=1S/C24H26N4O2/c1-17(2)6-3-9-22(29)19-7-4-8-21(16-19)27-20-12-10-18(11-13-20)23(30)28-24-25-14-5-15-26-24/h4-5,7-8,10-17,27H,3,6,9H2,1-2H3,(H,25,26,28,30). The van der Waals surface area contributed by atoms with E-state index in [2.05, 4.69) is 34.4 Å². The number of carbonyl (C=O) groups excluding carboxylic acids is 2. The summed E-state index contributed by atoms with van der Waals surface area (Å²) in [5.41, 5.74) is 2.87. The first-order valence-corrected chi connectivity index (χ1v) is 10.1. The number of ketones is 1. The fourth-order valence-corrected chi connectivity index (χ4v) is 2.99. The Morgan fingerprint density at radius 2 is 1.63 bits per heavy atom. The van der Waals surface area contributed by atoms with Crippen LogP contribution in [0.2, 0.25) is 0 Å². The average Bonchev–Trinajstić information content (AvgIpc) is 2.75. The van der Waals surface area contributed by atoms with Crippen molar-refractivity contribution in [2.24, 2.45) is 5.92 Å². The number of nitrogens with one attached hydrogen (secondary N) is 2. The zero-order valence-corrected chi connectivity index (χ0v) is 17.3. The Labute approximate surface area is 176 Å². The predicted octanol–water partition coefficient (Wildman–Crippen LogP) is 5.48. The average molecular weight is 402 g/mol. The van der Waals surface area contributed by atoms with Crippen LogP contribution in [0.3, 0.4) is 0 Å². The molecule has 0 aliphatic carbocycles. The Hall–Kier alpha value is -3.54. The van der Waals surface area contributed by atoms with Gasteiger partial charge >= 0.3 is 0 Å². The number of Topliss-reactive ketones (excluding diaryl/α,β-unsaturated/α-hetero) is 1. The summed E-state index contributed by atoms with van der Waals surface area (Å²) in [5.74, 6) is 0.756. The summed E-state index contributed by atoms with van der Waals surface area (Å²) in [7, 11) is 0. The van der Waals surface area contributed by atoms with E-state index in [0.717, 1.165) is 24.2 Å². The molecule has 0 aliphatic rings. The summed E-state index contributed by atoms with van der Waals surface area (Å²) in [5, 5.41) is 5.93. The van der Waals surface area contributed by atoms with E-state index in [4.69, 9.17) is 0 Å². The lowest BCUT2D eigenvalue weighted by Gasteiger charge is -2.10. The van der Waals surface area contributed by atoms with Crippen molar-refractivity contribution in [3.8, 4) is 0 Å². The maximum Gasteiger partial charge on any atom is 0.258 e. The van der Waals surface area contributed by atoms with Gasteiger partial charge in [-0.3, -0.25) is 14.9 Å². The van der Waals surface area contributed by atoms with Gasteiger partial charge in [0.1, 0.15) is 0 Å². The second kappa shape index (κ2) is 10.3. The summed E-state index contributed by atoms with van der Waals surface area (Å²) in [6, 6.07) is 16.3. The highest BCUT2D eigenvalue weighted by molar-refractivity contribution is 6.03. The van der Waals surface area contributed by atoms with Gasteiger partial charge in [0, 0.05) is 41.3 Å². The van der Waals surface area contributed by atoms with Gasteiger partial charge in [0.2, 0.25) is 5.95 Å². The van der Waals surface area contributed by atoms with E-state index >= 15 is 0 Å². The number of aromatic nitrogens is 2. The third-order valence-electron chi connectivity index (χ3n) is 4.60. The number of anilines is 3. The van der Waals surface area contributed by atoms with E-state index in [0.29, 0.717) is 23.5 Å². The molecule has 1 amide bonds. The van der Waals surface area contributed by atoms with Gasteiger partial charge in [0.25, 0.3) is 5.91 Å². The monoisotopic (exact) mass is 402 g/mol. The summed E-state index contributed by atoms with van der Waals surface area (Å²) in [4.78, 5) is 32.7. The van der Waals surface area contributed by atoms with Crippen LogP contribution in [0.15, 0.2) is 67.0 Å². The maximum atomic E-state index is 12.4. The van der Waals surface area contributed by atoms with E-state index < -0.39 is 0 Å². The van der Waals surface area contributed by atoms with Gasteiger partial charge in [-0.1, -0.05) is 32.4 Å². The second-order valence-electron chi connectivity index (χ2n) is 7.52. The molecule has 3 rings (SSSR count). The van der Waals surface area contributed by atoms with Crippen LogP contribution in [-0.4, -0.2) is 21.7 Å². The van der Waals surface area contributed by atoms with Gasteiger partial charge in [-0.25, -0.2) is 9.97 Å². The van der Waals surface area contributed by atoms with E-state index in [1.807, 2.05) is 36.4 Å². The highest BCUT2D eigenvalue weighted by Crippen LogP contribution is 2.20. The van der Waals surface area contributed by atoms with Gasteiger partial charge in [-0.15, -0.1) is 0 Å².